The Bertz CT molecular complexity index is 840. The Balaban J connectivity index is 2.39. The summed E-state index contributed by atoms with van der Waals surface area (Å²) in [6, 6.07) is 7.34. The Morgan fingerprint density at radius 3 is 2.55 bits per heavy atom. The molecular formula is C15H12F3N3O. The summed E-state index contributed by atoms with van der Waals surface area (Å²) >= 11 is 0. The molecule has 3 aromatic rings. The Morgan fingerprint density at radius 2 is 1.91 bits per heavy atom. The molecule has 0 spiro atoms. The molecule has 0 radical (unpaired) electrons. The van der Waals surface area contributed by atoms with E-state index in [0.29, 0.717) is 23.4 Å². The fourth-order valence-corrected chi connectivity index (χ4v) is 2.40. The molecule has 0 atom stereocenters. The van der Waals surface area contributed by atoms with Gasteiger partial charge in [0, 0.05) is 11.8 Å². The molecule has 0 aliphatic rings. The van der Waals surface area contributed by atoms with E-state index in [-0.39, 0.29) is 11.4 Å². The number of alkyl halides is 3. The van der Waals surface area contributed by atoms with Crippen LogP contribution in [0.15, 0.2) is 36.5 Å². The third-order valence-corrected chi connectivity index (χ3v) is 3.39. The molecule has 2 aromatic heterocycles. The van der Waals surface area contributed by atoms with Crippen molar-refractivity contribution in [2.75, 3.05) is 0 Å². The van der Waals surface area contributed by atoms with Crippen LogP contribution in [0.5, 0.6) is 5.75 Å². The molecule has 1 aromatic carbocycles. The molecule has 0 saturated carbocycles. The zero-order valence-corrected chi connectivity index (χ0v) is 11.6. The Labute approximate surface area is 123 Å². The number of hydrogen-bond acceptors (Lipinski definition) is 3. The molecule has 0 aliphatic heterocycles. The monoisotopic (exact) mass is 307 g/mol. The van der Waals surface area contributed by atoms with Crippen LogP contribution in [0.2, 0.25) is 0 Å². The van der Waals surface area contributed by atoms with E-state index < -0.39 is 11.7 Å². The van der Waals surface area contributed by atoms with Crippen LogP contribution in [0.3, 0.4) is 0 Å². The summed E-state index contributed by atoms with van der Waals surface area (Å²) in [7, 11) is 0. The van der Waals surface area contributed by atoms with Crippen molar-refractivity contribution in [3.8, 4) is 17.0 Å². The standard InChI is InChI=1S/C15H12F3N3O/c1-2-11-13(9-5-3-4-6-12(9)22)21-14(20-11)10(7-8-19-21)15(16,17)18/h3-8,22H,2H2,1H3. The van der Waals surface area contributed by atoms with Crippen molar-refractivity contribution in [3.63, 3.8) is 0 Å². The van der Waals surface area contributed by atoms with Gasteiger partial charge >= 0.3 is 6.18 Å². The molecule has 0 fully saturated rings. The first-order chi connectivity index (χ1) is 10.4. The molecule has 0 saturated heterocycles. The normalized spacial score (nSPS) is 12.0. The number of imidazole rings is 1. The van der Waals surface area contributed by atoms with Gasteiger partial charge in [-0.2, -0.15) is 18.3 Å². The lowest BCUT2D eigenvalue weighted by Crippen LogP contribution is -2.09. The highest BCUT2D eigenvalue weighted by Gasteiger charge is 2.35. The van der Waals surface area contributed by atoms with Crippen molar-refractivity contribution < 1.29 is 18.3 Å². The minimum atomic E-state index is -4.52. The summed E-state index contributed by atoms with van der Waals surface area (Å²) in [6.07, 6.45) is -3.01. The van der Waals surface area contributed by atoms with E-state index in [1.165, 1.54) is 6.07 Å². The average molecular weight is 307 g/mol. The number of nitrogens with zero attached hydrogens (tertiary/aromatic N) is 3. The van der Waals surface area contributed by atoms with Crippen molar-refractivity contribution >= 4 is 5.65 Å². The molecule has 22 heavy (non-hydrogen) atoms. The molecule has 0 aliphatic carbocycles. The van der Waals surface area contributed by atoms with Gasteiger partial charge in [0.25, 0.3) is 0 Å². The second-order valence-electron chi connectivity index (χ2n) is 4.76. The van der Waals surface area contributed by atoms with Crippen LogP contribution in [0.1, 0.15) is 18.2 Å². The van der Waals surface area contributed by atoms with Gasteiger partial charge in [-0.15, -0.1) is 0 Å². The smallest absolute Gasteiger partial charge is 0.420 e. The van der Waals surface area contributed by atoms with Gasteiger partial charge in [-0.25, -0.2) is 9.50 Å². The predicted molar refractivity (Wildman–Crippen MR) is 74.5 cm³/mol. The van der Waals surface area contributed by atoms with Crippen LogP contribution in [0, 0.1) is 0 Å². The molecule has 7 heteroatoms. The third-order valence-electron chi connectivity index (χ3n) is 3.39. The van der Waals surface area contributed by atoms with Gasteiger partial charge in [-0.1, -0.05) is 19.1 Å². The summed E-state index contributed by atoms with van der Waals surface area (Å²) in [5.74, 6) is -0.0294. The maximum Gasteiger partial charge on any atom is 0.420 e. The molecular weight excluding hydrogens is 295 g/mol. The van der Waals surface area contributed by atoms with Gasteiger partial charge in [-0.3, -0.25) is 0 Å². The molecule has 3 rings (SSSR count). The van der Waals surface area contributed by atoms with E-state index in [1.807, 2.05) is 0 Å². The van der Waals surface area contributed by atoms with Crippen LogP contribution >= 0.6 is 0 Å². The summed E-state index contributed by atoms with van der Waals surface area (Å²) in [4.78, 5) is 4.08. The molecule has 2 heterocycles. The number of fused-ring (bicyclic) bond motifs is 1. The number of aryl methyl sites for hydroxylation is 1. The second-order valence-corrected chi connectivity index (χ2v) is 4.76. The van der Waals surface area contributed by atoms with Crippen LogP contribution in [0.25, 0.3) is 16.9 Å². The van der Waals surface area contributed by atoms with Gasteiger partial charge in [-0.05, 0) is 24.6 Å². The van der Waals surface area contributed by atoms with Gasteiger partial charge in [0.2, 0.25) is 0 Å². The summed E-state index contributed by atoms with van der Waals surface area (Å²) in [5.41, 5.74) is 0.120. The van der Waals surface area contributed by atoms with Crippen molar-refractivity contribution in [2.24, 2.45) is 0 Å². The van der Waals surface area contributed by atoms with Crippen molar-refractivity contribution in [2.45, 2.75) is 19.5 Å². The van der Waals surface area contributed by atoms with Crippen LogP contribution in [-0.4, -0.2) is 19.7 Å². The van der Waals surface area contributed by atoms with Crippen LogP contribution < -0.4 is 0 Å². The Kier molecular flexibility index (Phi) is 3.27. The fraction of sp³-hybridized carbons (Fsp3) is 0.200. The van der Waals surface area contributed by atoms with E-state index >= 15 is 0 Å². The van der Waals surface area contributed by atoms with Crippen LogP contribution in [0.4, 0.5) is 13.2 Å². The first-order valence-electron chi connectivity index (χ1n) is 6.65. The predicted octanol–water partition coefficient (Wildman–Crippen LogP) is 3.68. The Hall–Kier alpha value is -2.57. The fourth-order valence-electron chi connectivity index (χ4n) is 2.40. The second kappa shape index (κ2) is 5.01. The quantitative estimate of drug-likeness (QED) is 0.785. The number of phenolic OH excluding ortho intramolecular Hbond substituents is 1. The maximum atomic E-state index is 13.1. The van der Waals surface area contributed by atoms with E-state index in [0.717, 1.165) is 16.8 Å². The topological polar surface area (TPSA) is 50.4 Å². The number of para-hydroxylation sites is 1. The molecule has 1 N–H and O–H groups in total. The highest BCUT2D eigenvalue weighted by Crippen LogP contribution is 2.36. The molecule has 0 unspecified atom stereocenters. The van der Waals surface area contributed by atoms with E-state index in [9.17, 15) is 18.3 Å². The Morgan fingerprint density at radius 1 is 1.18 bits per heavy atom. The van der Waals surface area contributed by atoms with E-state index in [4.69, 9.17) is 0 Å². The minimum absolute atomic E-state index is 0.0294. The zero-order valence-electron chi connectivity index (χ0n) is 11.6. The highest BCUT2D eigenvalue weighted by atomic mass is 19.4. The van der Waals surface area contributed by atoms with Gasteiger partial charge < -0.3 is 5.11 Å². The van der Waals surface area contributed by atoms with Gasteiger partial charge in [0.15, 0.2) is 5.65 Å². The number of benzene rings is 1. The highest BCUT2D eigenvalue weighted by molar-refractivity contribution is 5.73. The molecule has 4 nitrogen and oxygen atoms in total. The first-order valence-corrected chi connectivity index (χ1v) is 6.65. The number of halogens is 3. The number of aromatic nitrogens is 3. The van der Waals surface area contributed by atoms with Gasteiger partial charge in [0.1, 0.15) is 11.3 Å². The lowest BCUT2D eigenvalue weighted by Gasteiger charge is -2.08. The average Bonchev–Trinajstić information content (AvgIpc) is 2.85. The van der Waals surface area contributed by atoms with Crippen molar-refractivity contribution in [1.29, 1.82) is 0 Å². The summed E-state index contributed by atoms with van der Waals surface area (Å²) in [6.45, 7) is 1.79. The van der Waals surface area contributed by atoms with Crippen LogP contribution in [-0.2, 0) is 12.6 Å². The molecule has 0 amide bonds. The zero-order chi connectivity index (χ0) is 15.9. The van der Waals surface area contributed by atoms with Gasteiger partial charge in [0.05, 0.1) is 11.4 Å². The summed E-state index contributed by atoms with van der Waals surface area (Å²) < 4.78 is 40.5. The third kappa shape index (κ3) is 2.18. The van der Waals surface area contributed by atoms with E-state index in [1.54, 1.807) is 25.1 Å². The molecule has 114 valence electrons. The lowest BCUT2D eigenvalue weighted by atomic mass is 10.1. The van der Waals surface area contributed by atoms with Crippen molar-refractivity contribution in [1.82, 2.24) is 14.6 Å². The molecule has 0 bridgehead atoms. The lowest BCUT2D eigenvalue weighted by molar-refractivity contribution is -0.136. The largest absolute Gasteiger partial charge is 0.507 e. The van der Waals surface area contributed by atoms with E-state index in [2.05, 4.69) is 10.1 Å². The number of rotatable bonds is 2. The number of phenols is 1. The first kappa shape index (κ1) is 14.4. The number of hydrogen-bond donors (Lipinski definition) is 1. The summed E-state index contributed by atoms with van der Waals surface area (Å²) in [5, 5.41) is 14.0. The maximum absolute atomic E-state index is 13.1. The van der Waals surface area contributed by atoms with Crippen molar-refractivity contribution in [3.05, 3.63) is 47.8 Å². The minimum Gasteiger partial charge on any atom is -0.507 e. The number of aromatic hydroxyl groups is 1. The SMILES string of the molecule is CCc1nc2c(C(F)(F)F)ccnn2c1-c1ccccc1O.